The van der Waals surface area contributed by atoms with Crippen LogP contribution in [0, 0.1) is 0 Å². The van der Waals surface area contributed by atoms with Gasteiger partial charge in [0.15, 0.2) is 5.78 Å². The normalized spacial score (nSPS) is 15.2. The number of ketones is 1. The first-order chi connectivity index (χ1) is 17.8. The van der Waals surface area contributed by atoms with Crippen molar-refractivity contribution in [2.24, 2.45) is 0 Å². The van der Waals surface area contributed by atoms with Gasteiger partial charge in [0.05, 0.1) is 11.6 Å². The number of halogens is 2. The summed E-state index contributed by atoms with van der Waals surface area (Å²) in [5, 5.41) is 12.2. The highest BCUT2D eigenvalue weighted by Crippen LogP contribution is 2.40. The molecule has 8 heteroatoms. The van der Waals surface area contributed by atoms with Crippen molar-refractivity contribution in [3.63, 3.8) is 0 Å². The van der Waals surface area contributed by atoms with Gasteiger partial charge < -0.3 is 15.3 Å². The van der Waals surface area contributed by atoms with Crippen LogP contribution in [0.2, 0.25) is 0 Å². The van der Waals surface area contributed by atoms with Crippen LogP contribution < -0.4 is 5.32 Å². The summed E-state index contributed by atoms with van der Waals surface area (Å²) in [5.41, 5.74) is 2.68. The Balaban J connectivity index is 1.76. The van der Waals surface area contributed by atoms with Crippen LogP contribution in [-0.2, 0) is 9.59 Å². The van der Waals surface area contributed by atoms with E-state index in [-0.39, 0.29) is 23.8 Å². The van der Waals surface area contributed by atoms with E-state index in [1.54, 1.807) is 17.0 Å². The van der Waals surface area contributed by atoms with Crippen molar-refractivity contribution in [1.82, 2.24) is 4.90 Å². The molecule has 4 rings (SSSR count). The minimum atomic E-state index is -0.830. The van der Waals surface area contributed by atoms with Crippen LogP contribution in [0.3, 0.4) is 0 Å². The number of carbonyl (C=O) groups is 3. The number of carboxylic acid groups (broad SMARTS) is 1. The van der Waals surface area contributed by atoms with Crippen molar-refractivity contribution in [3.8, 4) is 0 Å². The molecule has 0 saturated carbocycles. The van der Waals surface area contributed by atoms with E-state index in [4.69, 9.17) is 5.11 Å². The number of amides is 1. The molecule has 2 N–H and O–H groups in total. The molecule has 0 spiro atoms. The zero-order valence-electron chi connectivity index (χ0n) is 20.0. The third-order valence-electron chi connectivity index (χ3n) is 6.20. The molecule has 190 valence electrons. The number of carbonyl (C=O) groups excluding carboxylic acids is 2. The maximum atomic E-state index is 14.0. The Bertz CT molecular complexity index is 1310. The number of Topliss-reactive ketones (excluding diaryl/α,β-unsaturated/α-hetero) is 1. The molecule has 1 heterocycles. The quantitative estimate of drug-likeness (QED) is 0.177. The largest absolute Gasteiger partial charge is 0.481 e. The van der Waals surface area contributed by atoms with Gasteiger partial charge in [-0.3, -0.25) is 14.4 Å². The lowest BCUT2D eigenvalue weighted by Crippen LogP contribution is -2.32. The number of unbranched alkanes of at least 4 members (excludes halogenated alkanes) is 2. The molecule has 3 aromatic carbocycles. The van der Waals surface area contributed by atoms with Crippen molar-refractivity contribution in [2.75, 3.05) is 11.9 Å². The van der Waals surface area contributed by atoms with Crippen LogP contribution >= 0.6 is 31.9 Å². The highest BCUT2D eigenvalue weighted by Gasteiger charge is 2.43. The molecular formula is C29H26Br2N2O4. The third-order valence-corrected chi connectivity index (χ3v) is 7.26. The molecule has 0 unspecified atom stereocenters. The maximum Gasteiger partial charge on any atom is 0.303 e. The average Bonchev–Trinajstić information content (AvgIpc) is 3.16. The smallest absolute Gasteiger partial charge is 0.303 e. The number of carboxylic acids is 1. The van der Waals surface area contributed by atoms with Gasteiger partial charge in [0.2, 0.25) is 0 Å². The number of anilines is 1. The SMILES string of the molecule is O=C(O)CCCCCN1C(=O)C(Nc2ccccc2)=C(C(=O)c2ccc(Br)cc2)[C@H]1c1ccc(Br)cc1. The summed E-state index contributed by atoms with van der Waals surface area (Å²) < 4.78 is 1.75. The van der Waals surface area contributed by atoms with Gasteiger partial charge in [-0.15, -0.1) is 0 Å². The summed E-state index contributed by atoms with van der Waals surface area (Å²) in [5.74, 6) is -1.31. The minimum Gasteiger partial charge on any atom is -0.481 e. The molecule has 1 amide bonds. The number of nitrogens with zero attached hydrogens (tertiary/aromatic N) is 1. The van der Waals surface area contributed by atoms with Gasteiger partial charge in [-0.25, -0.2) is 0 Å². The summed E-state index contributed by atoms with van der Waals surface area (Å²) in [6.07, 6.45) is 1.93. The molecule has 1 aliphatic heterocycles. The Kier molecular flexibility index (Phi) is 8.95. The third kappa shape index (κ3) is 6.56. The highest BCUT2D eigenvalue weighted by molar-refractivity contribution is 9.10. The topological polar surface area (TPSA) is 86.7 Å². The molecular weight excluding hydrogens is 600 g/mol. The van der Waals surface area contributed by atoms with Crippen LogP contribution in [0.5, 0.6) is 0 Å². The maximum absolute atomic E-state index is 14.0. The van der Waals surface area contributed by atoms with Gasteiger partial charge in [-0.2, -0.15) is 0 Å². The van der Waals surface area contributed by atoms with Crippen LogP contribution in [0.4, 0.5) is 5.69 Å². The van der Waals surface area contributed by atoms with Gasteiger partial charge in [-0.1, -0.05) is 68.6 Å². The molecule has 0 bridgehead atoms. The fourth-order valence-electron chi connectivity index (χ4n) is 4.41. The lowest BCUT2D eigenvalue weighted by Gasteiger charge is -2.27. The number of nitrogens with one attached hydrogen (secondary N) is 1. The molecule has 1 atom stereocenters. The molecule has 0 radical (unpaired) electrons. The van der Waals surface area contributed by atoms with Gasteiger partial charge in [-0.05, 0) is 66.9 Å². The van der Waals surface area contributed by atoms with Crippen LogP contribution in [0.15, 0.2) is 99.1 Å². The summed E-state index contributed by atoms with van der Waals surface area (Å²) in [6.45, 7) is 0.399. The van der Waals surface area contributed by atoms with Gasteiger partial charge in [0.1, 0.15) is 5.70 Å². The second-order valence-electron chi connectivity index (χ2n) is 8.77. The fourth-order valence-corrected chi connectivity index (χ4v) is 4.94. The van der Waals surface area contributed by atoms with Crippen molar-refractivity contribution in [2.45, 2.75) is 31.7 Å². The van der Waals surface area contributed by atoms with Crippen molar-refractivity contribution < 1.29 is 19.5 Å². The first-order valence-electron chi connectivity index (χ1n) is 12.0. The van der Waals surface area contributed by atoms with E-state index >= 15 is 0 Å². The first-order valence-corrected chi connectivity index (χ1v) is 13.6. The molecule has 1 aliphatic rings. The summed E-state index contributed by atoms with van der Waals surface area (Å²) in [6, 6.07) is 23.5. The van der Waals surface area contributed by atoms with Gasteiger partial charge in [0, 0.05) is 33.2 Å². The van der Waals surface area contributed by atoms with E-state index in [9.17, 15) is 14.4 Å². The molecule has 0 saturated heterocycles. The predicted molar refractivity (Wildman–Crippen MR) is 150 cm³/mol. The van der Waals surface area contributed by atoms with Crippen LogP contribution in [0.25, 0.3) is 0 Å². The summed E-state index contributed by atoms with van der Waals surface area (Å²) in [4.78, 5) is 40.5. The Morgan fingerprint density at radius 2 is 1.46 bits per heavy atom. The van der Waals surface area contributed by atoms with E-state index in [2.05, 4.69) is 37.2 Å². The lowest BCUT2D eigenvalue weighted by atomic mass is 9.92. The molecule has 3 aromatic rings. The number of benzene rings is 3. The Labute approximate surface area is 232 Å². The molecule has 0 aliphatic carbocycles. The van der Waals surface area contributed by atoms with E-state index in [1.807, 2.05) is 66.7 Å². The van der Waals surface area contributed by atoms with E-state index in [0.717, 1.165) is 14.5 Å². The summed E-state index contributed by atoms with van der Waals surface area (Å²) in [7, 11) is 0. The predicted octanol–water partition coefficient (Wildman–Crippen LogP) is 6.99. The standard InChI is InChI=1S/C29H26Br2N2O4/c30-21-14-10-19(11-15-21)27-25(28(36)20-12-16-22(31)17-13-20)26(32-23-7-3-1-4-8-23)29(37)33(27)18-6-2-5-9-24(34)35/h1,3-4,7-8,10-17,27,32H,2,5-6,9,18H2,(H,34,35)/t27-/m1/s1. The highest BCUT2D eigenvalue weighted by atomic mass is 79.9. The van der Waals surface area contributed by atoms with Crippen molar-refractivity contribution in [3.05, 3.63) is 110 Å². The number of para-hydroxylation sites is 1. The zero-order chi connectivity index (χ0) is 26.4. The first kappa shape index (κ1) is 26.8. The average molecular weight is 626 g/mol. The zero-order valence-corrected chi connectivity index (χ0v) is 23.2. The molecule has 0 fully saturated rings. The molecule has 0 aromatic heterocycles. The Morgan fingerprint density at radius 3 is 2.08 bits per heavy atom. The fraction of sp³-hybridized carbons (Fsp3) is 0.207. The van der Waals surface area contributed by atoms with E-state index in [1.165, 1.54) is 0 Å². The second kappa shape index (κ2) is 12.3. The Morgan fingerprint density at radius 1 is 0.838 bits per heavy atom. The Hall–Kier alpha value is -3.23. The van der Waals surface area contributed by atoms with E-state index < -0.39 is 12.0 Å². The number of aliphatic carboxylic acids is 1. The number of hydrogen-bond donors (Lipinski definition) is 2. The van der Waals surface area contributed by atoms with Crippen molar-refractivity contribution in [1.29, 1.82) is 0 Å². The second-order valence-corrected chi connectivity index (χ2v) is 10.6. The number of rotatable bonds is 11. The van der Waals surface area contributed by atoms with Crippen LogP contribution in [-0.4, -0.2) is 34.2 Å². The molecule has 37 heavy (non-hydrogen) atoms. The molecule has 6 nitrogen and oxygen atoms in total. The van der Waals surface area contributed by atoms with Crippen molar-refractivity contribution >= 4 is 55.2 Å². The lowest BCUT2D eigenvalue weighted by molar-refractivity contribution is -0.137. The van der Waals surface area contributed by atoms with Gasteiger partial charge >= 0.3 is 5.97 Å². The monoisotopic (exact) mass is 624 g/mol. The van der Waals surface area contributed by atoms with E-state index in [0.29, 0.717) is 42.6 Å². The van der Waals surface area contributed by atoms with Crippen LogP contribution in [0.1, 0.15) is 47.6 Å². The van der Waals surface area contributed by atoms with Gasteiger partial charge in [0.25, 0.3) is 5.91 Å². The number of hydrogen-bond acceptors (Lipinski definition) is 4. The summed E-state index contributed by atoms with van der Waals surface area (Å²) >= 11 is 6.89. The minimum absolute atomic E-state index is 0.0937.